The smallest absolute Gasteiger partial charge is 0.251 e. The van der Waals surface area contributed by atoms with Gasteiger partial charge in [-0.25, -0.2) is 0 Å². The third kappa shape index (κ3) is 6.86. The topological polar surface area (TPSA) is 68.2 Å². The Bertz CT molecular complexity index is 656. The molecule has 0 unspecified atom stereocenters. The molecule has 0 atom stereocenters. The van der Waals surface area contributed by atoms with Gasteiger partial charge in [-0.3, -0.25) is 9.48 Å². The maximum Gasteiger partial charge on any atom is 0.251 e. The number of rotatable bonds is 9. The first kappa shape index (κ1) is 21.2. The summed E-state index contributed by atoms with van der Waals surface area (Å²) in [5.41, 5.74) is 3.95. The second-order valence-electron chi connectivity index (χ2n) is 5.78. The first-order chi connectivity index (χ1) is 11.6. The molecule has 2 N–H and O–H groups in total. The largest absolute Gasteiger partial charge is 0.383 e. The molecule has 0 aliphatic heterocycles. The molecule has 2 rings (SSSR count). The summed E-state index contributed by atoms with van der Waals surface area (Å²) >= 11 is 0. The van der Waals surface area contributed by atoms with Crippen molar-refractivity contribution in [1.29, 1.82) is 0 Å². The highest BCUT2D eigenvalue weighted by molar-refractivity contribution is 5.94. The van der Waals surface area contributed by atoms with E-state index in [4.69, 9.17) is 4.74 Å². The van der Waals surface area contributed by atoms with Crippen LogP contribution in [0.25, 0.3) is 0 Å². The third-order valence-corrected chi connectivity index (χ3v) is 3.72. The van der Waals surface area contributed by atoms with Crippen LogP contribution in [0.4, 0.5) is 0 Å². The number of nitrogens with zero attached hydrogens (tertiary/aromatic N) is 2. The van der Waals surface area contributed by atoms with E-state index < -0.39 is 0 Å². The Morgan fingerprint density at radius 3 is 2.48 bits per heavy atom. The van der Waals surface area contributed by atoms with E-state index in [1.807, 2.05) is 42.8 Å². The Balaban J connectivity index is 0.00000312. The van der Waals surface area contributed by atoms with Gasteiger partial charge < -0.3 is 15.4 Å². The quantitative estimate of drug-likeness (QED) is 0.665. The van der Waals surface area contributed by atoms with Crippen LogP contribution in [0.15, 0.2) is 30.3 Å². The second-order valence-corrected chi connectivity index (χ2v) is 5.78. The van der Waals surface area contributed by atoms with Gasteiger partial charge in [0.2, 0.25) is 0 Å². The number of amides is 1. The van der Waals surface area contributed by atoms with Gasteiger partial charge in [0.15, 0.2) is 0 Å². The molecule has 7 heteroatoms. The fraction of sp³-hybridized carbons (Fsp3) is 0.444. The van der Waals surface area contributed by atoms with Crippen molar-refractivity contribution < 1.29 is 9.53 Å². The number of halogens is 1. The highest BCUT2D eigenvalue weighted by Crippen LogP contribution is 2.09. The molecule has 0 saturated heterocycles. The number of methoxy groups -OCH3 is 1. The summed E-state index contributed by atoms with van der Waals surface area (Å²) in [6, 6.07) is 9.72. The average Bonchev–Trinajstić information content (AvgIpc) is 2.88. The van der Waals surface area contributed by atoms with E-state index in [0.717, 1.165) is 30.0 Å². The van der Waals surface area contributed by atoms with Crippen molar-refractivity contribution in [2.24, 2.45) is 0 Å². The monoisotopic (exact) mass is 366 g/mol. The predicted molar refractivity (Wildman–Crippen MR) is 102 cm³/mol. The van der Waals surface area contributed by atoms with Crippen molar-refractivity contribution in [3.05, 3.63) is 52.8 Å². The normalized spacial score (nSPS) is 10.4. The molecular weight excluding hydrogens is 340 g/mol. The maximum absolute atomic E-state index is 12.1. The zero-order valence-electron chi connectivity index (χ0n) is 15.0. The first-order valence-electron chi connectivity index (χ1n) is 8.18. The van der Waals surface area contributed by atoms with Crippen LogP contribution in [0, 0.1) is 13.8 Å². The lowest BCUT2D eigenvalue weighted by Gasteiger charge is -2.08. The average molecular weight is 367 g/mol. The molecule has 0 spiro atoms. The van der Waals surface area contributed by atoms with Gasteiger partial charge in [0.05, 0.1) is 18.8 Å². The number of aromatic nitrogens is 2. The van der Waals surface area contributed by atoms with Crippen LogP contribution in [0.2, 0.25) is 0 Å². The van der Waals surface area contributed by atoms with Gasteiger partial charge in [-0.1, -0.05) is 12.1 Å². The molecular formula is C18H27ClN4O2. The number of nitrogens with one attached hydrogen (secondary N) is 2. The van der Waals surface area contributed by atoms with Crippen LogP contribution >= 0.6 is 12.4 Å². The summed E-state index contributed by atoms with van der Waals surface area (Å²) in [5, 5.41) is 10.5. The van der Waals surface area contributed by atoms with E-state index in [1.54, 1.807) is 7.11 Å². The molecule has 138 valence electrons. The number of ether oxygens (including phenoxy) is 1. The number of carbonyl (C=O) groups excluding carboxylic acids is 1. The van der Waals surface area contributed by atoms with Crippen molar-refractivity contribution >= 4 is 18.3 Å². The molecule has 0 radical (unpaired) electrons. The SMILES string of the molecule is COCCNCCNC(=O)c1ccc(Cn2nc(C)cc2C)cc1.Cl. The lowest BCUT2D eigenvalue weighted by Crippen LogP contribution is -2.33. The van der Waals surface area contributed by atoms with Crippen LogP contribution in [0.1, 0.15) is 27.3 Å². The van der Waals surface area contributed by atoms with Gasteiger partial charge in [-0.2, -0.15) is 5.10 Å². The molecule has 0 aliphatic rings. The molecule has 1 aromatic heterocycles. The predicted octanol–water partition coefficient (Wildman–Crippen LogP) is 1.94. The lowest BCUT2D eigenvalue weighted by atomic mass is 10.1. The second kappa shape index (κ2) is 10.9. The van der Waals surface area contributed by atoms with Gasteiger partial charge in [0.25, 0.3) is 5.91 Å². The third-order valence-electron chi connectivity index (χ3n) is 3.72. The zero-order valence-corrected chi connectivity index (χ0v) is 15.9. The molecule has 25 heavy (non-hydrogen) atoms. The summed E-state index contributed by atoms with van der Waals surface area (Å²) in [4.78, 5) is 12.1. The van der Waals surface area contributed by atoms with E-state index in [9.17, 15) is 4.79 Å². The van der Waals surface area contributed by atoms with E-state index in [2.05, 4.69) is 21.8 Å². The number of benzene rings is 1. The molecule has 0 bridgehead atoms. The summed E-state index contributed by atoms with van der Waals surface area (Å²) < 4.78 is 6.91. The summed E-state index contributed by atoms with van der Waals surface area (Å²) in [7, 11) is 1.67. The fourth-order valence-corrected chi connectivity index (χ4v) is 2.44. The van der Waals surface area contributed by atoms with E-state index >= 15 is 0 Å². The minimum Gasteiger partial charge on any atom is -0.383 e. The van der Waals surface area contributed by atoms with Crippen LogP contribution in [0.5, 0.6) is 0 Å². The molecule has 1 heterocycles. The summed E-state index contributed by atoms with van der Waals surface area (Å²) in [6.07, 6.45) is 0. The maximum atomic E-state index is 12.1. The van der Waals surface area contributed by atoms with Gasteiger partial charge in [-0.05, 0) is 37.6 Å². The van der Waals surface area contributed by atoms with Gasteiger partial charge in [-0.15, -0.1) is 12.4 Å². The molecule has 2 aromatic rings. The standard InChI is InChI=1S/C18H26N4O2.ClH/c1-14-12-15(2)22(21-14)13-16-4-6-17(7-5-16)18(23)20-9-8-19-10-11-24-3;/h4-7,12,19H,8-11,13H2,1-3H3,(H,20,23);1H. The van der Waals surface area contributed by atoms with Crippen LogP contribution in [-0.2, 0) is 11.3 Å². The fourth-order valence-electron chi connectivity index (χ4n) is 2.44. The minimum atomic E-state index is -0.0544. The van der Waals surface area contributed by atoms with Gasteiger partial charge >= 0.3 is 0 Å². The Hall–Kier alpha value is -1.89. The van der Waals surface area contributed by atoms with Crippen molar-refractivity contribution in [2.75, 3.05) is 33.4 Å². The Labute approximate surface area is 155 Å². The highest BCUT2D eigenvalue weighted by Gasteiger charge is 2.06. The lowest BCUT2D eigenvalue weighted by molar-refractivity contribution is 0.0953. The number of hydrogen-bond donors (Lipinski definition) is 2. The van der Waals surface area contributed by atoms with E-state index in [0.29, 0.717) is 25.3 Å². The zero-order chi connectivity index (χ0) is 17.4. The van der Waals surface area contributed by atoms with Gasteiger partial charge in [0, 0.05) is 38.0 Å². The van der Waals surface area contributed by atoms with Crippen molar-refractivity contribution in [1.82, 2.24) is 20.4 Å². The Morgan fingerprint density at radius 2 is 1.88 bits per heavy atom. The number of aryl methyl sites for hydroxylation is 2. The van der Waals surface area contributed by atoms with Crippen LogP contribution in [-0.4, -0.2) is 49.0 Å². The van der Waals surface area contributed by atoms with Crippen LogP contribution < -0.4 is 10.6 Å². The van der Waals surface area contributed by atoms with Crippen molar-refractivity contribution in [3.63, 3.8) is 0 Å². The molecule has 0 fully saturated rings. The van der Waals surface area contributed by atoms with E-state index in [-0.39, 0.29) is 18.3 Å². The molecule has 1 amide bonds. The molecule has 0 aliphatic carbocycles. The van der Waals surface area contributed by atoms with Crippen molar-refractivity contribution in [2.45, 2.75) is 20.4 Å². The summed E-state index contributed by atoms with van der Waals surface area (Å²) in [6.45, 7) is 7.52. The van der Waals surface area contributed by atoms with Gasteiger partial charge in [0.1, 0.15) is 0 Å². The Kier molecular flexibility index (Phi) is 9.20. The highest BCUT2D eigenvalue weighted by atomic mass is 35.5. The van der Waals surface area contributed by atoms with E-state index in [1.165, 1.54) is 0 Å². The molecule has 6 nitrogen and oxygen atoms in total. The first-order valence-corrected chi connectivity index (χ1v) is 8.18. The Morgan fingerprint density at radius 1 is 1.16 bits per heavy atom. The number of carbonyl (C=O) groups is 1. The molecule has 1 aromatic carbocycles. The number of hydrogen-bond acceptors (Lipinski definition) is 4. The van der Waals surface area contributed by atoms with Crippen molar-refractivity contribution in [3.8, 4) is 0 Å². The molecule has 0 saturated carbocycles. The minimum absolute atomic E-state index is 0. The van der Waals surface area contributed by atoms with Crippen LogP contribution in [0.3, 0.4) is 0 Å². The summed E-state index contributed by atoms with van der Waals surface area (Å²) in [5.74, 6) is -0.0544.